The normalized spacial score (nSPS) is 18.6. The summed E-state index contributed by atoms with van der Waals surface area (Å²) < 4.78 is 8.39. The van der Waals surface area contributed by atoms with E-state index >= 15 is 0 Å². The van der Waals surface area contributed by atoms with Gasteiger partial charge in [-0.15, -0.1) is 0 Å². The number of nitrogens with zero attached hydrogens (tertiary/aromatic N) is 2. The van der Waals surface area contributed by atoms with Crippen LogP contribution in [0.25, 0.3) is 27.9 Å². The van der Waals surface area contributed by atoms with E-state index in [9.17, 15) is 0 Å². The molecule has 178 valence electrons. The van der Waals surface area contributed by atoms with Gasteiger partial charge in [0, 0.05) is 29.9 Å². The highest BCUT2D eigenvalue weighted by Crippen LogP contribution is 2.50. The predicted molar refractivity (Wildman–Crippen MR) is 149 cm³/mol. The van der Waals surface area contributed by atoms with E-state index in [1.54, 1.807) is 0 Å². The van der Waals surface area contributed by atoms with Crippen molar-refractivity contribution in [3.63, 3.8) is 0 Å². The van der Waals surface area contributed by atoms with E-state index in [1.165, 1.54) is 33.3 Å². The van der Waals surface area contributed by atoms with Crippen molar-refractivity contribution in [2.75, 3.05) is 11.9 Å². The second-order valence-electron chi connectivity index (χ2n) is 9.83. The lowest BCUT2D eigenvalue weighted by atomic mass is 9.76. The Bertz CT molecular complexity index is 1630. The molecule has 1 aliphatic heterocycles. The first kappa shape index (κ1) is 22.4. The van der Waals surface area contributed by atoms with Gasteiger partial charge >= 0.3 is 5.89 Å². The van der Waals surface area contributed by atoms with E-state index in [0.717, 1.165) is 30.0 Å². The van der Waals surface area contributed by atoms with Crippen LogP contribution in [0.15, 0.2) is 113 Å². The van der Waals surface area contributed by atoms with Crippen LogP contribution in [0.3, 0.4) is 0 Å². The summed E-state index contributed by atoms with van der Waals surface area (Å²) in [6.07, 6.45) is 7.43. The molecule has 2 heterocycles. The van der Waals surface area contributed by atoms with Gasteiger partial charge in [-0.3, -0.25) is 0 Å². The summed E-state index contributed by atoms with van der Waals surface area (Å²) in [6, 6.07) is 32.4. The van der Waals surface area contributed by atoms with E-state index in [1.807, 2.05) is 12.1 Å². The van der Waals surface area contributed by atoms with Gasteiger partial charge < -0.3 is 9.32 Å². The van der Waals surface area contributed by atoms with Crippen molar-refractivity contribution >= 4 is 33.6 Å². The third-order valence-corrected chi connectivity index (χ3v) is 7.59. The molecule has 1 unspecified atom stereocenters. The van der Waals surface area contributed by atoms with Crippen LogP contribution in [0.4, 0.5) is 5.69 Å². The van der Waals surface area contributed by atoms with Crippen molar-refractivity contribution in [3.05, 3.63) is 126 Å². The molecule has 3 nitrogen and oxygen atoms in total. The number of hydrogen-bond donors (Lipinski definition) is 0. The fourth-order valence-corrected chi connectivity index (χ4v) is 5.80. The number of likely N-dealkylation sites (N-methyl/N-ethyl adjacent to an activating group) is 1. The predicted octanol–water partition coefficient (Wildman–Crippen LogP) is 7.44. The molecule has 0 N–H and O–H groups in total. The Hall–Kier alpha value is -4.11. The highest BCUT2D eigenvalue weighted by molar-refractivity contribution is 5.90. The molecule has 1 aliphatic rings. The average Bonchev–Trinajstić information content (AvgIpc) is 3.36. The van der Waals surface area contributed by atoms with Gasteiger partial charge in [-0.1, -0.05) is 72.8 Å². The molecule has 6 rings (SSSR count). The number of fused-ring (bicyclic) bond motifs is 3. The Labute approximate surface area is 212 Å². The maximum absolute atomic E-state index is 6.18. The zero-order valence-corrected chi connectivity index (χ0v) is 21.1. The van der Waals surface area contributed by atoms with Crippen molar-refractivity contribution < 1.29 is 8.98 Å². The first-order valence-corrected chi connectivity index (χ1v) is 12.7. The van der Waals surface area contributed by atoms with Gasteiger partial charge in [0.05, 0.1) is 6.08 Å². The Balaban J connectivity index is 1.46. The molecular weight excluding hydrogens is 440 g/mol. The third-order valence-electron chi connectivity index (χ3n) is 7.59. The van der Waals surface area contributed by atoms with Gasteiger partial charge in [0.2, 0.25) is 5.58 Å². The zero-order chi connectivity index (χ0) is 24.7. The summed E-state index contributed by atoms with van der Waals surface area (Å²) in [5, 5.41) is 2.56. The smallest absolute Gasteiger partial charge is 0.374 e. The molecule has 5 aromatic rings. The molecule has 0 aliphatic carbocycles. The van der Waals surface area contributed by atoms with E-state index in [4.69, 9.17) is 4.42 Å². The number of rotatable bonds is 5. The number of aromatic nitrogens is 1. The molecule has 0 fully saturated rings. The average molecular weight is 472 g/mol. The minimum atomic E-state index is -0.158. The minimum absolute atomic E-state index is 0.158. The monoisotopic (exact) mass is 471 g/mol. The van der Waals surface area contributed by atoms with Crippen LogP contribution < -0.4 is 9.47 Å². The van der Waals surface area contributed by atoms with E-state index in [0.29, 0.717) is 0 Å². The van der Waals surface area contributed by atoms with Crippen LogP contribution in [0, 0.1) is 0 Å². The number of para-hydroxylation sites is 2. The number of anilines is 1. The zero-order valence-electron chi connectivity index (χ0n) is 21.1. The van der Waals surface area contributed by atoms with Gasteiger partial charge in [0.25, 0.3) is 5.52 Å². The quantitative estimate of drug-likeness (QED) is 0.248. The lowest BCUT2D eigenvalue weighted by molar-refractivity contribution is -0.674. The summed E-state index contributed by atoms with van der Waals surface area (Å²) in [6.45, 7) is 5.39. The Morgan fingerprint density at radius 1 is 0.889 bits per heavy atom. The van der Waals surface area contributed by atoms with Crippen molar-refractivity contribution in [1.82, 2.24) is 0 Å². The molecule has 0 bridgehead atoms. The fourth-order valence-electron chi connectivity index (χ4n) is 5.80. The Kier molecular flexibility index (Phi) is 5.49. The first-order chi connectivity index (χ1) is 17.6. The summed E-state index contributed by atoms with van der Waals surface area (Å²) >= 11 is 0. The van der Waals surface area contributed by atoms with Crippen LogP contribution in [0.5, 0.6) is 0 Å². The fraction of sp³-hybridized carbons (Fsp3) is 0.182. The second kappa shape index (κ2) is 8.83. The Morgan fingerprint density at radius 2 is 1.58 bits per heavy atom. The van der Waals surface area contributed by atoms with E-state index in [-0.39, 0.29) is 5.41 Å². The molecule has 3 heteroatoms. The Morgan fingerprint density at radius 3 is 2.36 bits per heavy atom. The standard InChI is InChI=1S/C33H31N2O/c1-4-35-28-17-10-11-18-30(28)36-32(35)20-12-19-31-33(2,23-24-13-6-5-7-14-24)27-21-25-15-8-9-16-26(25)22-29(27)34(31)3/h5-22H,4,23H2,1-3H3/q+1. The summed E-state index contributed by atoms with van der Waals surface area (Å²) in [5.41, 5.74) is 7.15. The summed E-state index contributed by atoms with van der Waals surface area (Å²) in [4.78, 5) is 2.36. The molecule has 0 saturated carbocycles. The molecule has 0 radical (unpaired) electrons. The lowest BCUT2D eigenvalue weighted by Crippen LogP contribution is -2.33. The molecular formula is C33H31N2O+. The number of benzene rings is 4. The molecule has 1 aromatic heterocycles. The maximum atomic E-state index is 6.18. The molecule has 0 saturated heterocycles. The van der Waals surface area contributed by atoms with Crippen LogP contribution >= 0.6 is 0 Å². The van der Waals surface area contributed by atoms with Gasteiger partial charge in [0.15, 0.2) is 0 Å². The molecule has 0 spiro atoms. The van der Waals surface area contributed by atoms with Gasteiger partial charge in [0.1, 0.15) is 6.54 Å². The summed E-state index contributed by atoms with van der Waals surface area (Å²) in [5.74, 6) is 0.865. The molecule has 4 aromatic carbocycles. The van der Waals surface area contributed by atoms with Crippen molar-refractivity contribution in [3.8, 4) is 0 Å². The van der Waals surface area contributed by atoms with Crippen LogP contribution in [0.2, 0.25) is 0 Å². The third kappa shape index (κ3) is 3.63. The SMILES string of the molecule is CC[n+]1c(C=CC=C2N(C)c3cc4ccccc4cc3C2(C)Cc2ccccc2)oc2ccccc21. The molecule has 0 amide bonds. The van der Waals surface area contributed by atoms with Crippen LogP contribution in [0.1, 0.15) is 30.9 Å². The number of aryl methyl sites for hydroxylation is 1. The van der Waals surface area contributed by atoms with Crippen LogP contribution in [-0.4, -0.2) is 7.05 Å². The minimum Gasteiger partial charge on any atom is -0.398 e. The van der Waals surface area contributed by atoms with Crippen molar-refractivity contribution in [2.45, 2.75) is 32.2 Å². The van der Waals surface area contributed by atoms with E-state index < -0.39 is 0 Å². The van der Waals surface area contributed by atoms with Gasteiger partial charge in [-0.25, -0.2) is 0 Å². The van der Waals surface area contributed by atoms with Gasteiger partial charge in [-0.05, 0) is 66.4 Å². The van der Waals surface area contributed by atoms with Crippen molar-refractivity contribution in [2.24, 2.45) is 0 Å². The first-order valence-electron chi connectivity index (χ1n) is 12.7. The highest BCUT2D eigenvalue weighted by Gasteiger charge is 2.42. The number of oxazole rings is 1. The summed E-state index contributed by atoms with van der Waals surface area (Å²) in [7, 11) is 2.19. The largest absolute Gasteiger partial charge is 0.398 e. The molecule has 36 heavy (non-hydrogen) atoms. The number of allylic oxidation sites excluding steroid dienone is 3. The van der Waals surface area contributed by atoms with Crippen molar-refractivity contribution in [1.29, 1.82) is 0 Å². The molecule has 1 atom stereocenters. The second-order valence-corrected chi connectivity index (χ2v) is 9.83. The van der Waals surface area contributed by atoms with E-state index in [2.05, 4.69) is 127 Å². The van der Waals surface area contributed by atoms with Crippen LogP contribution in [-0.2, 0) is 18.4 Å². The highest BCUT2D eigenvalue weighted by atomic mass is 16.3. The lowest BCUT2D eigenvalue weighted by Gasteiger charge is -2.29. The maximum Gasteiger partial charge on any atom is 0.374 e. The number of hydrogen-bond acceptors (Lipinski definition) is 2. The topological polar surface area (TPSA) is 20.3 Å². The van der Waals surface area contributed by atoms with Gasteiger partial charge in [-0.2, -0.15) is 4.57 Å².